The summed E-state index contributed by atoms with van der Waals surface area (Å²) in [6.07, 6.45) is 0. The SMILES string of the molecule is COc1ccc(-c2ccccc(Nc3c(C(C)C)cccc3C(C)C)c2=O)cc1. The van der Waals surface area contributed by atoms with Gasteiger partial charge in [-0.3, -0.25) is 4.79 Å². The maximum atomic E-state index is 13.4. The average molecular weight is 388 g/mol. The lowest BCUT2D eigenvalue weighted by Gasteiger charge is -2.20. The molecule has 0 amide bonds. The van der Waals surface area contributed by atoms with E-state index >= 15 is 0 Å². The summed E-state index contributed by atoms with van der Waals surface area (Å²) < 4.78 is 5.24. The lowest BCUT2D eigenvalue weighted by atomic mass is 9.92. The zero-order chi connectivity index (χ0) is 21.0. The van der Waals surface area contributed by atoms with E-state index in [9.17, 15) is 4.79 Å². The number of ether oxygens (including phenoxy) is 1. The number of methoxy groups -OCH3 is 1. The molecule has 3 rings (SSSR count). The molecule has 0 spiro atoms. The summed E-state index contributed by atoms with van der Waals surface area (Å²) in [5.41, 5.74) is 5.57. The van der Waals surface area contributed by atoms with Crippen LogP contribution >= 0.6 is 0 Å². The summed E-state index contributed by atoms with van der Waals surface area (Å²) in [7, 11) is 1.64. The molecule has 150 valence electrons. The topological polar surface area (TPSA) is 38.3 Å². The summed E-state index contributed by atoms with van der Waals surface area (Å²) in [5.74, 6) is 1.47. The Hall–Kier alpha value is -3.07. The molecule has 3 heteroatoms. The summed E-state index contributed by atoms with van der Waals surface area (Å²) in [4.78, 5) is 13.4. The van der Waals surface area contributed by atoms with Crippen molar-refractivity contribution in [2.24, 2.45) is 0 Å². The molecular formula is C26H29NO2. The molecule has 0 fully saturated rings. The van der Waals surface area contributed by atoms with Crippen LogP contribution in [0.4, 0.5) is 11.4 Å². The number of nitrogens with one attached hydrogen (secondary N) is 1. The highest BCUT2D eigenvalue weighted by Crippen LogP contribution is 2.34. The minimum atomic E-state index is -0.0200. The minimum absolute atomic E-state index is 0.0200. The molecule has 0 saturated carbocycles. The molecule has 1 N–H and O–H groups in total. The number of anilines is 2. The number of hydrogen-bond acceptors (Lipinski definition) is 3. The maximum Gasteiger partial charge on any atom is 0.209 e. The van der Waals surface area contributed by atoms with Gasteiger partial charge in [0.2, 0.25) is 5.43 Å². The molecule has 0 aromatic heterocycles. The number of benzene rings is 2. The standard InChI is InChI=1S/C26H29NO2/c1-17(2)21-10-8-11-22(18(3)4)25(21)27-24-12-7-6-9-23(26(24)28)19-13-15-20(29-5)16-14-19/h6-18H,1-5H3,(H,27,28). The lowest BCUT2D eigenvalue weighted by molar-refractivity contribution is 0.415. The number of hydrogen-bond donors (Lipinski definition) is 1. The van der Waals surface area contributed by atoms with Crippen molar-refractivity contribution in [3.63, 3.8) is 0 Å². The van der Waals surface area contributed by atoms with E-state index in [0.717, 1.165) is 17.0 Å². The zero-order valence-electron chi connectivity index (χ0n) is 17.8. The molecule has 0 atom stereocenters. The van der Waals surface area contributed by atoms with Gasteiger partial charge in [-0.2, -0.15) is 0 Å². The Morgan fingerprint density at radius 2 is 1.34 bits per heavy atom. The van der Waals surface area contributed by atoms with Crippen molar-refractivity contribution in [3.8, 4) is 16.9 Å². The van der Waals surface area contributed by atoms with Crippen molar-refractivity contribution in [2.45, 2.75) is 39.5 Å². The van der Waals surface area contributed by atoms with Gasteiger partial charge in [0, 0.05) is 11.3 Å². The molecule has 0 unspecified atom stereocenters. The van der Waals surface area contributed by atoms with Gasteiger partial charge in [0.25, 0.3) is 0 Å². The Morgan fingerprint density at radius 1 is 0.759 bits per heavy atom. The van der Waals surface area contributed by atoms with Crippen molar-refractivity contribution in [1.29, 1.82) is 0 Å². The Kier molecular flexibility index (Phi) is 6.38. The van der Waals surface area contributed by atoms with E-state index in [2.05, 4.69) is 51.2 Å². The Bertz CT molecular complexity index is 1010. The fourth-order valence-corrected chi connectivity index (χ4v) is 3.53. The molecule has 0 bridgehead atoms. The third-order valence-electron chi connectivity index (χ3n) is 5.16. The molecule has 0 heterocycles. The fraction of sp³-hybridized carbons (Fsp3) is 0.269. The van der Waals surface area contributed by atoms with Crippen LogP contribution in [-0.4, -0.2) is 7.11 Å². The molecule has 0 aliphatic rings. The first-order valence-electron chi connectivity index (χ1n) is 10.1. The van der Waals surface area contributed by atoms with Gasteiger partial charge in [-0.15, -0.1) is 0 Å². The van der Waals surface area contributed by atoms with Gasteiger partial charge in [-0.05, 0) is 46.7 Å². The van der Waals surface area contributed by atoms with Crippen LogP contribution in [0.1, 0.15) is 50.7 Å². The van der Waals surface area contributed by atoms with Crippen LogP contribution < -0.4 is 15.5 Å². The first-order valence-corrected chi connectivity index (χ1v) is 10.1. The van der Waals surface area contributed by atoms with E-state index in [0.29, 0.717) is 23.1 Å². The van der Waals surface area contributed by atoms with Crippen LogP contribution in [0.2, 0.25) is 0 Å². The largest absolute Gasteiger partial charge is 0.497 e. The van der Waals surface area contributed by atoms with Crippen molar-refractivity contribution < 1.29 is 4.74 Å². The third kappa shape index (κ3) is 4.51. The van der Waals surface area contributed by atoms with Crippen LogP contribution in [0, 0.1) is 0 Å². The molecule has 29 heavy (non-hydrogen) atoms. The van der Waals surface area contributed by atoms with Gasteiger partial charge >= 0.3 is 0 Å². The zero-order valence-corrected chi connectivity index (χ0v) is 17.8. The summed E-state index contributed by atoms with van der Waals surface area (Å²) in [6, 6.07) is 21.5. The van der Waals surface area contributed by atoms with Gasteiger partial charge in [-0.1, -0.05) is 76.2 Å². The molecule has 0 aliphatic heterocycles. The monoisotopic (exact) mass is 387 g/mol. The highest BCUT2D eigenvalue weighted by atomic mass is 16.5. The first kappa shape index (κ1) is 20.7. The molecule has 0 aliphatic carbocycles. The normalized spacial score (nSPS) is 11.0. The van der Waals surface area contributed by atoms with Crippen molar-refractivity contribution >= 4 is 11.4 Å². The Morgan fingerprint density at radius 3 is 1.90 bits per heavy atom. The van der Waals surface area contributed by atoms with Gasteiger partial charge < -0.3 is 10.1 Å². The van der Waals surface area contributed by atoms with Crippen molar-refractivity contribution in [2.75, 3.05) is 12.4 Å². The summed E-state index contributed by atoms with van der Waals surface area (Å²) in [6.45, 7) is 8.71. The molecule has 0 saturated heterocycles. The lowest BCUT2D eigenvalue weighted by Crippen LogP contribution is -2.11. The van der Waals surface area contributed by atoms with Crippen molar-refractivity contribution in [3.05, 3.63) is 88.1 Å². The van der Waals surface area contributed by atoms with E-state index in [-0.39, 0.29) is 5.43 Å². The molecule has 3 aromatic rings. The van der Waals surface area contributed by atoms with Gasteiger partial charge in [0.1, 0.15) is 5.75 Å². The Labute approximate surface area is 173 Å². The molecular weight excluding hydrogens is 358 g/mol. The molecule has 3 nitrogen and oxygen atoms in total. The maximum absolute atomic E-state index is 13.4. The van der Waals surface area contributed by atoms with E-state index in [1.807, 2.05) is 48.5 Å². The van der Waals surface area contributed by atoms with Crippen molar-refractivity contribution in [1.82, 2.24) is 0 Å². The summed E-state index contributed by atoms with van der Waals surface area (Å²) in [5, 5.41) is 3.49. The molecule has 3 aromatic carbocycles. The first-order chi connectivity index (χ1) is 13.9. The van der Waals surface area contributed by atoms with E-state index in [1.54, 1.807) is 7.11 Å². The smallest absolute Gasteiger partial charge is 0.209 e. The minimum Gasteiger partial charge on any atom is -0.497 e. The Balaban J connectivity index is 2.12. The average Bonchev–Trinajstić information content (AvgIpc) is 2.89. The van der Waals surface area contributed by atoms with Crippen LogP contribution in [0.3, 0.4) is 0 Å². The van der Waals surface area contributed by atoms with E-state index < -0.39 is 0 Å². The van der Waals surface area contributed by atoms with Crippen LogP contribution in [0.25, 0.3) is 11.1 Å². The van der Waals surface area contributed by atoms with Crippen LogP contribution in [0.15, 0.2) is 71.5 Å². The second-order valence-electron chi connectivity index (χ2n) is 7.85. The highest BCUT2D eigenvalue weighted by Gasteiger charge is 2.15. The second kappa shape index (κ2) is 8.95. The number of para-hydroxylation sites is 1. The van der Waals surface area contributed by atoms with Crippen LogP contribution in [0.5, 0.6) is 5.75 Å². The highest BCUT2D eigenvalue weighted by molar-refractivity contribution is 5.73. The molecule has 0 radical (unpaired) electrons. The third-order valence-corrected chi connectivity index (χ3v) is 5.16. The number of rotatable bonds is 6. The quantitative estimate of drug-likeness (QED) is 0.510. The van der Waals surface area contributed by atoms with Gasteiger partial charge in [0.15, 0.2) is 0 Å². The van der Waals surface area contributed by atoms with Crippen LogP contribution in [-0.2, 0) is 0 Å². The second-order valence-corrected chi connectivity index (χ2v) is 7.85. The fourth-order valence-electron chi connectivity index (χ4n) is 3.53. The van der Waals surface area contributed by atoms with Gasteiger partial charge in [-0.25, -0.2) is 0 Å². The predicted molar refractivity (Wildman–Crippen MR) is 123 cm³/mol. The van der Waals surface area contributed by atoms with E-state index in [4.69, 9.17) is 4.74 Å². The van der Waals surface area contributed by atoms with E-state index in [1.165, 1.54) is 11.1 Å². The van der Waals surface area contributed by atoms with Gasteiger partial charge in [0.05, 0.1) is 12.8 Å². The summed E-state index contributed by atoms with van der Waals surface area (Å²) >= 11 is 0. The predicted octanol–water partition coefficient (Wildman–Crippen LogP) is 6.71.